The first-order valence-electron chi connectivity index (χ1n) is 2.76. The van der Waals surface area contributed by atoms with Crippen molar-refractivity contribution in [3.63, 3.8) is 0 Å². The Hall–Kier alpha value is -0.620. The summed E-state index contributed by atoms with van der Waals surface area (Å²) in [6.45, 7) is 0. The lowest BCUT2D eigenvalue weighted by atomic mass is 10.4. The topological polar surface area (TPSA) is 0 Å². The summed E-state index contributed by atoms with van der Waals surface area (Å²) in [5.41, 5.74) is 0. The second-order valence-electron chi connectivity index (χ2n) is 1.78. The van der Waals surface area contributed by atoms with E-state index in [-0.39, 0.29) is 0 Å². The van der Waals surface area contributed by atoms with E-state index in [1.165, 1.54) is 0 Å². The van der Waals surface area contributed by atoms with Crippen LogP contribution in [0.15, 0.2) is 33.9 Å². The molecular formula is C6Cl2F6. The van der Waals surface area contributed by atoms with Crippen LogP contribution in [0.5, 0.6) is 0 Å². The van der Waals surface area contributed by atoms with Gasteiger partial charge < -0.3 is 0 Å². The number of hydrogen-bond acceptors (Lipinski definition) is 0. The Morgan fingerprint density at radius 1 is 0.571 bits per heavy atom. The fraction of sp³-hybridized carbons (Fsp3) is 0. The van der Waals surface area contributed by atoms with Crippen LogP contribution in [-0.4, -0.2) is 0 Å². The molecule has 8 heteroatoms. The van der Waals surface area contributed by atoms with Crippen LogP contribution in [0.1, 0.15) is 0 Å². The van der Waals surface area contributed by atoms with E-state index in [0.717, 1.165) is 0 Å². The van der Waals surface area contributed by atoms with Crippen LogP contribution < -0.4 is 0 Å². The van der Waals surface area contributed by atoms with Crippen LogP contribution in [0.4, 0.5) is 26.3 Å². The van der Waals surface area contributed by atoms with Gasteiger partial charge in [0.15, 0.2) is 11.7 Å². The predicted molar refractivity (Wildman–Crippen MR) is 39.4 cm³/mol. The SMILES string of the molecule is FC(F)=C(F)C(F)=C(F)C(F)=C(Cl)Cl. The van der Waals surface area contributed by atoms with Crippen molar-refractivity contribution in [2.75, 3.05) is 0 Å². The van der Waals surface area contributed by atoms with Crippen molar-refractivity contribution < 1.29 is 26.3 Å². The van der Waals surface area contributed by atoms with Gasteiger partial charge in [0.2, 0.25) is 11.7 Å². The quantitative estimate of drug-likeness (QED) is 0.490. The van der Waals surface area contributed by atoms with Gasteiger partial charge in [-0.15, -0.1) is 0 Å². The van der Waals surface area contributed by atoms with Crippen LogP contribution in [0.2, 0.25) is 0 Å². The summed E-state index contributed by atoms with van der Waals surface area (Å²) < 4.78 is 70.3. The highest BCUT2D eigenvalue weighted by Crippen LogP contribution is 2.31. The van der Waals surface area contributed by atoms with Crippen molar-refractivity contribution in [3.8, 4) is 0 Å². The van der Waals surface area contributed by atoms with Crippen molar-refractivity contribution in [3.05, 3.63) is 33.9 Å². The molecule has 0 nitrogen and oxygen atoms in total. The molecule has 0 rings (SSSR count). The van der Waals surface area contributed by atoms with E-state index >= 15 is 0 Å². The first-order valence-corrected chi connectivity index (χ1v) is 3.52. The third-order valence-electron chi connectivity index (χ3n) is 0.910. The minimum absolute atomic E-state index is 1.34. The summed E-state index contributed by atoms with van der Waals surface area (Å²) in [7, 11) is 0. The highest BCUT2D eigenvalue weighted by atomic mass is 35.5. The van der Waals surface area contributed by atoms with Crippen molar-refractivity contribution in [2.24, 2.45) is 0 Å². The summed E-state index contributed by atoms with van der Waals surface area (Å²) in [5.74, 6) is -10.2. The normalized spacial score (nSPS) is 12.0. The van der Waals surface area contributed by atoms with Gasteiger partial charge in [0.05, 0.1) is 0 Å². The molecule has 0 aromatic rings. The molecule has 0 amide bonds. The van der Waals surface area contributed by atoms with Crippen LogP contribution >= 0.6 is 23.2 Å². The summed E-state index contributed by atoms with van der Waals surface area (Å²) >= 11 is 9.31. The highest BCUT2D eigenvalue weighted by Gasteiger charge is 2.21. The first-order chi connectivity index (χ1) is 6.29. The third-order valence-corrected chi connectivity index (χ3v) is 1.24. The Bertz CT molecular complexity index is 289. The van der Waals surface area contributed by atoms with Gasteiger partial charge in [0, 0.05) is 0 Å². The molecule has 0 aromatic heterocycles. The number of halogens is 8. The van der Waals surface area contributed by atoms with E-state index in [9.17, 15) is 26.3 Å². The van der Waals surface area contributed by atoms with Gasteiger partial charge in [-0.05, 0) is 0 Å². The Morgan fingerprint density at radius 2 is 0.929 bits per heavy atom. The molecule has 0 bridgehead atoms. The van der Waals surface area contributed by atoms with Gasteiger partial charge in [0.25, 0.3) is 0 Å². The summed E-state index contributed by atoms with van der Waals surface area (Å²) in [4.78, 5) is 0. The van der Waals surface area contributed by atoms with Crippen molar-refractivity contribution in [2.45, 2.75) is 0 Å². The maximum Gasteiger partial charge on any atom is 0.308 e. The number of allylic oxidation sites excluding steroid dienone is 4. The largest absolute Gasteiger partial charge is 0.308 e. The number of rotatable bonds is 2. The van der Waals surface area contributed by atoms with Gasteiger partial charge in [-0.2, -0.15) is 13.2 Å². The highest BCUT2D eigenvalue weighted by molar-refractivity contribution is 6.56. The van der Waals surface area contributed by atoms with Crippen molar-refractivity contribution in [1.82, 2.24) is 0 Å². The van der Waals surface area contributed by atoms with E-state index in [1.807, 2.05) is 0 Å². The molecule has 0 aromatic carbocycles. The fourth-order valence-electron chi connectivity index (χ4n) is 0.359. The molecule has 0 unspecified atom stereocenters. The van der Waals surface area contributed by atoms with Crippen molar-refractivity contribution >= 4 is 23.2 Å². The smallest absolute Gasteiger partial charge is 0.201 e. The van der Waals surface area contributed by atoms with Gasteiger partial charge in [-0.25, -0.2) is 13.2 Å². The van der Waals surface area contributed by atoms with Crippen LogP contribution in [0, 0.1) is 0 Å². The van der Waals surface area contributed by atoms with Gasteiger partial charge >= 0.3 is 6.08 Å². The average molecular weight is 257 g/mol. The first kappa shape index (κ1) is 13.4. The maximum atomic E-state index is 12.3. The Kier molecular flexibility index (Phi) is 5.07. The molecule has 0 aliphatic heterocycles. The van der Waals surface area contributed by atoms with E-state index in [0.29, 0.717) is 0 Å². The lowest BCUT2D eigenvalue weighted by Crippen LogP contribution is -1.86. The number of hydrogen-bond donors (Lipinski definition) is 0. The minimum atomic E-state index is -3.13. The predicted octanol–water partition coefficient (Wildman–Crippen LogP) is 4.83. The molecule has 0 radical (unpaired) electrons. The second kappa shape index (κ2) is 5.31. The zero-order chi connectivity index (χ0) is 11.5. The summed E-state index contributed by atoms with van der Waals surface area (Å²) in [6, 6.07) is 0. The minimum Gasteiger partial charge on any atom is -0.201 e. The molecule has 0 atom stereocenters. The molecule has 0 aliphatic rings. The monoisotopic (exact) mass is 256 g/mol. The molecule has 80 valence electrons. The van der Waals surface area contributed by atoms with E-state index < -0.39 is 33.9 Å². The third kappa shape index (κ3) is 3.26. The zero-order valence-electron chi connectivity index (χ0n) is 6.02. The molecule has 0 aliphatic carbocycles. The molecule has 14 heavy (non-hydrogen) atoms. The fourth-order valence-corrected chi connectivity index (χ4v) is 0.525. The van der Waals surface area contributed by atoms with Crippen LogP contribution in [0.25, 0.3) is 0 Å². The maximum absolute atomic E-state index is 12.3. The molecule has 0 spiro atoms. The van der Waals surface area contributed by atoms with Gasteiger partial charge in [-0.1, -0.05) is 23.2 Å². The summed E-state index contributed by atoms with van der Waals surface area (Å²) in [6.07, 6.45) is -3.13. The van der Waals surface area contributed by atoms with E-state index in [2.05, 4.69) is 23.2 Å². The molecule has 0 fully saturated rings. The van der Waals surface area contributed by atoms with E-state index in [1.54, 1.807) is 0 Å². The van der Waals surface area contributed by atoms with Crippen LogP contribution in [0.3, 0.4) is 0 Å². The lowest BCUT2D eigenvalue weighted by molar-refractivity contribution is 0.365. The van der Waals surface area contributed by atoms with E-state index in [4.69, 9.17) is 0 Å². The lowest BCUT2D eigenvalue weighted by Gasteiger charge is -1.95. The molecule has 0 saturated heterocycles. The van der Waals surface area contributed by atoms with Gasteiger partial charge in [0.1, 0.15) is 4.49 Å². The Morgan fingerprint density at radius 3 is 1.21 bits per heavy atom. The standard InChI is InChI=1S/C6Cl2F6/c7-5(8)3(11)1(9)2(10)4(12)6(13)14. The zero-order valence-corrected chi connectivity index (χ0v) is 7.54. The Labute approximate surface area is 84.1 Å². The average Bonchev–Trinajstić information content (AvgIpc) is 2.12. The second-order valence-corrected chi connectivity index (χ2v) is 2.73. The van der Waals surface area contributed by atoms with Crippen molar-refractivity contribution in [1.29, 1.82) is 0 Å². The van der Waals surface area contributed by atoms with Crippen LogP contribution in [-0.2, 0) is 0 Å². The molecule has 0 heterocycles. The Balaban J connectivity index is 5.37. The summed E-state index contributed by atoms with van der Waals surface area (Å²) in [5, 5.41) is 0. The molecule has 0 saturated carbocycles. The molecule has 0 N–H and O–H groups in total. The van der Waals surface area contributed by atoms with Gasteiger partial charge in [-0.3, -0.25) is 0 Å². The molecular weight excluding hydrogens is 257 g/mol.